The van der Waals surface area contributed by atoms with E-state index in [9.17, 15) is 14.0 Å². The molecular weight excluding hydrogens is 406 g/mol. The number of carbonyl (C=O) groups excluding carboxylic acids is 2. The van der Waals surface area contributed by atoms with Crippen LogP contribution in [0.25, 0.3) is 0 Å². The molecule has 0 unspecified atom stereocenters. The van der Waals surface area contributed by atoms with Crippen LogP contribution < -0.4 is 10.6 Å². The summed E-state index contributed by atoms with van der Waals surface area (Å²) in [6.45, 7) is 0.261. The van der Waals surface area contributed by atoms with Crippen molar-refractivity contribution in [1.82, 2.24) is 15.1 Å². The molecule has 0 fully saturated rings. The molecule has 2 amide bonds. The Kier molecular flexibility index (Phi) is 6.28. The van der Waals surface area contributed by atoms with Crippen molar-refractivity contribution in [1.29, 1.82) is 0 Å². The molecule has 0 atom stereocenters. The lowest BCUT2D eigenvalue weighted by molar-refractivity contribution is -0.116. The molecule has 6 nitrogen and oxygen atoms in total. The number of aromatic nitrogens is 2. The van der Waals surface area contributed by atoms with Gasteiger partial charge in [-0.15, -0.1) is 0 Å². The van der Waals surface area contributed by atoms with E-state index in [1.54, 1.807) is 42.7 Å². The van der Waals surface area contributed by atoms with E-state index in [4.69, 9.17) is 23.2 Å². The smallest absolute Gasteiger partial charge is 0.253 e. The summed E-state index contributed by atoms with van der Waals surface area (Å²) in [7, 11) is 0. The topological polar surface area (TPSA) is 76.0 Å². The van der Waals surface area contributed by atoms with Gasteiger partial charge in [0.2, 0.25) is 5.91 Å². The van der Waals surface area contributed by atoms with E-state index < -0.39 is 11.7 Å². The zero-order valence-electron chi connectivity index (χ0n) is 14.5. The Bertz CT molecular complexity index is 1010. The predicted octanol–water partition coefficient (Wildman–Crippen LogP) is 3.90. The molecule has 9 heteroatoms. The van der Waals surface area contributed by atoms with Gasteiger partial charge < -0.3 is 10.6 Å². The number of carbonyl (C=O) groups is 2. The normalized spacial score (nSPS) is 10.5. The minimum Gasteiger partial charge on any atom is -0.348 e. The maximum atomic E-state index is 13.6. The lowest BCUT2D eigenvalue weighted by Crippen LogP contribution is -2.23. The molecular formula is C19H15Cl2FN4O2. The van der Waals surface area contributed by atoms with E-state index in [-0.39, 0.29) is 34.6 Å². The number of hydrogen-bond acceptors (Lipinski definition) is 3. The van der Waals surface area contributed by atoms with Crippen molar-refractivity contribution >= 4 is 40.7 Å². The van der Waals surface area contributed by atoms with Gasteiger partial charge >= 0.3 is 0 Å². The van der Waals surface area contributed by atoms with Crippen LogP contribution in [0.15, 0.2) is 54.9 Å². The number of nitrogens with one attached hydrogen (secondary N) is 2. The molecule has 1 aromatic heterocycles. The van der Waals surface area contributed by atoms with Crippen LogP contribution in [0.3, 0.4) is 0 Å². The Morgan fingerprint density at radius 2 is 1.93 bits per heavy atom. The van der Waals surface area contributed by atoms with Gasteiger partial charge in [-0.2, -0.15) is 5.10 Å². The highest BCUT2D eigenvalue weighted by Crippen LogP contribution is 2.24. The monoisotopic (exact) mass is 420 g/mol. The van der Waals surface area contributed by atoms with Crippen molar-refractivity contribution in [2.45, 2.75) is 13.1 Å². The molecule has 28 heavy (non-hydrogen) atoms. The van der Waals surface area contributed by atoms with Crippen molar-refractivity contribution in [3.63, 3.8) is 0 Å². The SMILES string of the molecule is O=C(Cn1cccn1)Nc1cccc(CNC(=O)c2cc(F)c(Cl)cc2Cl)c1. The van der Waals surface area contributed by atoms with Crippen LogP contribution in [0, 0.1) is 5.82 Å². The fourth-order valence-electron chi connectivity index (χ4n) is 2.47. The van der Waals surface area contributed by atoms with Crippen LogP contribution in [-0.4, -0.2) is 21.6 Å². The van der Waals surface area contributed by atoms with E-state index in [0.717, 1.165) is 11.6 Å². The van der Waals surface area contributed by atoms with Crippen LogP contribution in [0.2, 0.25) is 10.0 Å². The summed E-state index contributed by atoms with van der Waals surface area (Å²) in [5.41, 5.74) is 1.32. The summed E-state index contributed by atoms with van der Waals surface area (Å²) in [6, 6.07) is 10.9. The maximum absolute atomic E-state index is 13.6. The molecule has 2 aromatic carbocycles. The standard InChI is InChI=1S/C19H15Cl2FN4O2/c20-15-9-16(21)17(22)8-14(15)19(28)23-10-12-3-1-4-13(7-12)25-18(27)11-26-6-2-5-24-26/h1-9H,10-11H2,(H,23,28)(H,25,27). The third kappa shape index (κ3) is 5.09. The zero-order chi connectivity index (χ0) is 20.1. The first-order valence-corrected chi connectivity index (χ1v) is 8.97. The molecule has 1 heterocycles. The number of hydrogen-bond donors (Lipinski definition) is 2. The molecule has 0 spiro atoms. The highest BCUT2D eigenvalue weighted by atomic mass is 35.5. The first-order chi connectivity index (χ1) is 13.4. The fraction of sp³-hybridized carbons (Fsp3) is 0.105. The number of halogens is 3. The molecule has 2 N–H and O–H groups in total. The summed E-state index contributed by atoms with van der Waals surface area (Å²) in [5, 5.41) is 9.31. The number of nitrogens with zero attached hydrogens (tertiary/aromatic N) is 2. The number of rotatable bonds is 6. The molecule has 3 aromatic rings. The Labute approximate surface area is 170 Å². The van der Waals surface area contributed by atoms with Gasteiger partial charge in [0.15, 0.2) is 0 Å². The third-order valence-corrected chi connectivity index (χ3v) is 4.39. The van der Waals surface area contributed by atoms with Gasteiger partial charge in [-0.1, -0.05) is 35.3 Å². The number of anilines is 1. The van der Waals surface area contributed by atoms with Crippen LogP contribution in [-0.2, 0) is 17.9 Å². The lowest BCUT2D eigenvalue weighted by Gasteiger charge is -2.10. The molecule has 0 aliphatic carbocycles. The summed E-state index contributed by atoms with van der Waals surface area (Å²) >= 11 is 11.6. The van der Waals surface area contributed by atoms with Crippen LogP contribution in [0.4, 0.5) is 10.1 Å². The Morgan fingerprint density at radius 1 is 1.11 bits per heavy atom. The fourth-order valence-corrected chi connectivity index (χ4v) is 2.94. The number of amides is 2. The molecule has 0 saturated carbocycles. The van der Waals surface area contributed by atoms with Crippen molar-refractivity contribution in [2.75, 3.05) is 5.32 Å². The van der Waals surface area contributed by atoms with Crippen molar-refractivity contribution in [2.24, 2.45) is 0 Å². The van der Waals surface area contributed by atoms with Crippen molar-refractivity contribution in [3.8, 4) is 0 Å². The summed E-state index contributed by atoms with van der Waals surface area (Å²) in [6.07, 6.45) is 3.28. The molecule has 0 radical (unpaired) electrons. The average Bonchev–Trinajstić information content (AvgIpc) is 3.16. The Hall–Kier alpha value is -2.90. The van der Waals surface area contributed by atoms with Gasteiger partial charge in [0.05, 0.1) is 15.6 Å². The Balaban J connectivity index is 1.61. The predicted molar refractivity (Wildman–Crippen MR) is 105 cm³/mol. The van der Waals surface area contributed by atoms with Gasteiger partial charge in [-0.05, 0) is 35.9 Å². The third-order valence-electron chi connectivity index (χ3n) is 3.78. The number of benzene rings is 2. The second kappa shape index (κ2) is 8.86. The van der Waals surface area contributed by atoms with E-state index in [1.807, 2.05) is 0 Å². The second-order valence-corrected chi connectivity index (χ2v) is 6.70. The zero-order valence-corrected chi connectivity index (χ0v) is 16.0. The lowest BCUT2D eigenvalue weighted by atomic mass is 10.1. The first kappa shape index (κ1) is 19.9. The van der Waals surface area contributed by atoms with Crippen molar-refractivity contribution in [3.05, 3.63) is 81.8 Å². The molecule has 0 saturated heterocycles. The summed E-state index contributed by atoms with van der Waals surface area (Å²) < 4.78 is 15.1. The molecule has 0 bridgehead atoms. The minimum atomic E-state index is -0.724. The van der Waals surface area contributed by atoms with Crippen molar-refractivity contribution < 1.29 is 14.0 Å². The average molecular weight is 421 g/mol. The van der Waals surface area contributed by atoms with Crippen LogP contribution in [0.1, 0.15) is 15.9 Å². The van der Waals surface area contributed by atoms with Crippen LogP contribution >= 0.6 is 23.2 Å². The minimum absolute atomic E-state index is 0.00718. The van der Waals surface area contributed by atoms with E-state index in [0.29, 0.717) is 5.69 Å². The highest BCUT2D eigenvalue weighted by molar-refractivity contribution is 6.36. The van der Waals surface area contributed by atoms with E-state index in [2.05, 4.69) is 15.7 Å². The Morgan fingerprint density at radius 3 is 2.68 bits per heavy atom. The van der Waals surface area contributed by atoms with E-state index >= 15 is 0 Å². The summed E-state index contributed by atoms with van der Waals surface area (Å²) in [5.74, 6) is -1.49. The quantitative estimate of drug-likeness (QED) is 0.593. The molecule has 0 aliphatic rings. The molecule has 0 aliphatic heterocycles. The maximum Gasteiger partial charge on any atom is 0.253 e. The summed E-state index contributed by atoms with van der Waals surface area (Å²) in [4.78, 5) is 24.3. The second-order valence-electron chi connectivity index (χ2n) is 5.88. The first-order valence-electron chi connectivity index (χ1n) is 8.21. The van der Waals surface area contributed by atoms with Gasteiger partial charge in [0.25, 0.3) is 5.91 Å². The van der Waals surface area contributed by atoms with Gasteiger partial charge in [0, 0.05) is 24.6 Å². The highest BCUT2D eigenvalue weighted by Gasteiger charge is 2.14. The molecule has 144 valence electrons. The van der Waals surface area contributed by atoms with E-state index in [1.165, 1.54) is 10.7 Å². The van der Waals surface area contributed by atoms with Crippen LogP contribution in [0.5, 0.6) is 0 Å². The molecule has 3 rings (SSSR count). The van der Waals surface area contributed by atoms with Gasteiger partial charge in [0.1, 0.15) is 12.4 Å². The largest absolute Gasteiger partial charge is 0.348 e. The van der Waals surface area contributed by atoms with Gasteiger partial charge in [-0.3, -0.25) is 14.3 Å². The van der Waals surface area contributed by atoms with Gasteiger partial charge in [-0.25, -0.2) is 4.39 Å².